The minimum Gasteiger partial charge on any atom is -0.224 e. The van der Waals surface area contributed by atoms with E-state index in [2.05, 4.69) is 0 Å². The summed E-state index contributed by atoms with van der Waals surface area (Å²) in [4.78, 5) is 0. The molecule has 5 heteroatoms. The Hall–Kier alpha value is -0.910. The molecule has 0 atom stereocenters. The molecule has 0 bridgehead atoms. The fourth-order valence-corrected chi connectivity index (χ4v) is 3.78. The van der Waals surface area contributed by atoms with Gasteiger partial charge in [-0.2, -0.15) is 0 Å². The van der Waals surface area contributed by atoms with Gasteiger partial charge in [-0.1, -0.05) is 17.7 Å². The predicted molar refractivity (Wildman–Crippen MR) is 62.7 cm³/mol. The zero-order valence-corrected chi connectivity index (χ0v) is 10.1. The van der Waals surface area contributed by atoms with Crippen molar-refractivity contribution >= 4 is 31.4 Å². The molecule has 0 spiro atoms. The molecule has 80 valence electrons. The van der Waals surface area contributed by atoms with E-state index in [4.69, 9.17) is 5.14 Å². The molecule has 0 unspecified atom stereocenters. The Labute approximate surface area is 92.6 Å². The van der Waals surface area contributed by atoms with Gasteiger partial charge in [0, 0.05) is 4.70 Å². The predicted octanol–water partition coefficient (Wildman–Crippen LogP) is 2.17. The molecule has 1 aromatic heterocycles. The van der Waals surface area contributed by atoms with Gasteiger partial charge in [0.1, 0.15) is 4.21 Å². The summed E-state index contributed by atoms with van der Waals surface area (Å²) in [5.74, 6) is 0. The molecule has 2 N–H and O–H groups in total. The van der Waals surface area contributed by atoms with Crippen molar-refractivity contribution in [1.29, 1.82) is 0 Å². The summed E-state index contributed by atoms with van der Waals surface area (Å²) in [6.45, 7) is 3.77. The highest BCUT2D eigenvalue weighted by Gasteiger charge is 2.17. The third-order valence-corrected chi connectivity index (χ3v) is 5.14. The van der Waals surface area contributed by atoms with E-state index < -0.39 is 10.0 Å². The van der Waals surface area contributed by atoms with E-state index in [0.717, 1.165) is 21.2 Å². The first-order chi connectivity index (χ1) is 6.89. The van der Waals surface area contributed by atoms with Gasteiger partial charge in [-0.05, 0) is 30.9 Å². The van der Waals surface area contributed by atoms with E-state index in [9.17, 15) is 8.42 Å². The summed E-state index contributed by atoms with van der Waals surface area (Å²) in [6, 6.07) is 5.87. The minimum atomic E-state index is -3.59. The molecular formula is C10H11NO2S2. The van der Waals surface area contributed by atoms with Gasteiger partial charge in [0.05, 0.1) is 0 Å². The molecule has 1 heterocycles. The van der Waals surface area contributed by atoms with Crippen molar-refractivity contribution < 1.29 is 8.42 Å². The van der Waals surface area contributed by atoms with Gasteiger partial charge in [0.25, 0.3) is 0 Å². The molecule has 1 aromatic carbocycles. The van der Waals surface area contributed by atoms with Crippen molar-refractivity contribution in [2.75, 3.05) is 0 Å². The summed E-state index contributed by atoms with van der Waals surface area (Å²) in [5, 5.41) is 6.12. The van der Waals surface area contributed by atoms with E-state index in [-0.39, 0.29) is 4.21 Å². The van der Waals surface area contributed by atoms with Crippen LogP contribution in [0.15, 0.2) is 22.4 Å². The highest BCUT2D eigenvalue weighted by atomic mass is 32.2. The van der Waals surface area contributed by atoms with Gasteiger partial charge in [-0.3, -0.25) is 0 Å². The number of hydrogen-bond donors (Lipinski definition) is 1. The van der Waals surface area contributed by atoms with Gasteiger partial charge in [0.15, 0.2) is 0 Å². The number of sulfonamides is 1. The quantitative estimate of drug-likeness (QED) is 0.831. The second kappa shape index (κ2) is 3.30. The maximum absolute atomic E-state index is 11.3. The Morgan fingerprint density at radius 2 is 1.93 bits per heavy atom. The normalized spacial score (nSPS) is 12.2. The third-order valence-electron chi connectivity index (χ3n) is 2.31. The van der Waals surface area contributed by atoms with Gasteiger partial charge in [-0.25, -0.2) is 13.6 Å². The molecular weight excluding hydrogens is 230 g/mol. The smallest absolute Gasteiger partial charge is 0.224 e. The molecule has 0 aliphatic rings. The maximum atomic E-state index is 11.3. The van der Waals surface area contributed by atoms with Crippen LogP contribution in [-0.2, 0) is 10.0 Å². The molecule has 0 aliphatic carbocycles. The van der Waals surface area contributed by atoms with Gasteiger partial charge < -0.3 is 0 Å². The third kappa shape index (κ3) is 1.78. The zero-order valence-electron chi connectivity index (χ0n) is 8.44. The topological polar surface area (TPSA) is 60.2 Å². The first-order valence-electron chi connectivity index (χ1n) is 4.42. The second-order valence-electron chi connectivity index (χ2n) is 3.56. The Morgan fingerprint density at radius 1 is 1.27 bits per heavy atom. The average Bonchev–Trinajstić information content (AvgIpc) is 2.43. The Morgan fingerprint density at radius 3 is 2.53 bits per heavy atom. The van der Waals surface area contributed by atoms with Crippen LogP contribution < -0.4 is 5.14 Å². The molecule has 3 nitrogen and oxygen atoms in total. The van der Waals surface area contributed by atoms with Crippen molar-refractivity contribution in [2.45, 2.75) is 18.1 Å². The van der Waals surface area contributed by atoms with E-state index in [1.165, 1.54) is 11.3 Å². The SMILES string of the molecule is Cc1ccc2sc(S(N)(=O)=O)c(C)c2c1. The summed E-state index contributed by atoms with van der Waals surface area (Å²) in [7, 11) is -3.59. The first kappa shape index (κ1) is 10.6. The van der Waals surface area contributed by atoms with Crippen LogP contribution in [0.1, 0.15) is 11.1 Å². The molecule has 2 aromatic rings. The molecule has 2 rings (SSSR count). The van der Waals surface area contributed by atoms with Crippen LogP contribution in [0, 0.1) is 13.8 Å². The molecule has 0 saturated heterocycles. The largest absolute Gasteiger partial charge is 0.247 e. The fraction of sp³-hybridized carbons (Fsp3) is 0.200. The van der Waals surface area contributed by atoms with Crippen LogP contribution in [0.2, 0.25) is 0 Å². The molecule has 0 aliphatic heterocycles. The number of benzene rings is 1. The number of primary sulfonamides is 1. The minimum absolute atomic E-state index is 0.267. The van der Waals surface area contributed by atoms with Gasteiger partial charge >= 0.3 is 0 Å². The molecule has 0 saturated carbocycles. The van der Waals surface area contributed by atoms with Gasteiger partial charge in [-0.15, -0.1) is 11.3 Å². The van der Waals surface area contributed by atoms with E-state index in [1.54, 1.807) is 6.92 Å². The molecule has 15 heavy (non-hydrogen) atoms. The number of hydrogen-bond acceptors (Lipinski definition) is 3. The maximum Gasteiger partial charge on any atom is 0.247 e. The van der Waals surface area contributed by atoms with E-state index in [1.807, 2.05) is 25.1 Å². The molecule has 0 fully saturated rings. The summed E-state index contributed by atoms with van der Waals surface area (Å²) in [6.07, 6.45) is 0. The fourth-order valence-electron chi connectivity index (χ4n) is 1.58. The van der Waals surface area contributed by atoms with Gasteiger partial charge in [0.2, 0.25) is 10.0 Å². The van der Waals surface area contributed by atoms with Crippen LogP contribution in [0.25, 0.3) is 10.1 Å². The van der Waals surface area contributed by atoms with Crippen LogP contribution in [0.3, 0.4) is 0 Å². The monoisotopic (exact) mass is 241 g/mol. The van der Waals surface area contributed by atoms with Crippen molar-refractivity contribution in [1.82, 2.24) is 0 Å². The Balaban J connectivity index is 2.87. The Kier molecular flexibility index (Phi) is 2.33. The lowest BCUT2D eigenvalue weighted by Crippen LogP contribution is -2.11. The number of thiophene rings is 1. The number of aryl methyl sites for hydroxylation is 2. The second-order valence-corrected chi connectivity index (χ2v) is 6.37. The number of fused-ring (bicyclic) bond motifs is 1. The van der Waals surface area contributed by atoms with Crippen LogP contribution >= 0.6 is 11.3 Å². The molecule has 0 radical (unpaired) electrons. The van der Waals surface area contributed by atoms with E-state index in [0.29, 0.717) is 0 Å². The van der Waals surface area contributed by atoms with Crippen LogP contribution in [0.4, 0.5) is 0 Å². The van der Waals surface area contributed by atoms with Crippen LogP contribution in [-0.4, -0.2) is 8.42 Å². The zero-order chi connectivity index (χ0) is 11.2. The van der Waals surface area contributed by atoms with E-state index >= 15 is 0 Å². The summed E-state index contributed by atoms with van der Waals surface area (Å²) < 4.78 is 23.8. The number of rotatable bonds is 1. The van der Waals surface area contributed by atoms with Crippen molar-refractivity contribution in [3.63, 3.8) is 0 Å². The van der Waals surface area contributed by atoms with Crippen LogP contribution in [0.5, 0.6) is 0 Å². The van der Waals surface area contributed by atoms with Crippen molar-refractivity contribution in [3.8, 4) is 0 Å². The Bertz CT molecular complexity index is 626. The lowest BCUT2D eigenvalue weighted by molar-refractivity contribution is 0.599. The average molecular weight is 241 g/mol. The summed E-state index contributed by atoms with van der Waals surface area (Å²) >= 11 is 1.23. The molecule has 0 amide bonds. The first-order valence-corrected chi connectivity index (χ1v) is 6.78. The lowest BCUT2D eigenvalue weighted by Gasteiger charge is -1.95. The lowest BCUT2D eigenvalue weighted by atomic mass is 10.1. The highest BCUT2D eigenvalue weighted by molar-refractivity contribution is 7.91. The highest BCUT2D eigenvalue weighted by Crippen LogP contribution is 2.33. The summed E-state index contributed by atoms with van der Waals surface area (Å²) in [5.41, 5.74) is 1.87. The standard InChI is InChI=1S/C10H11NO2S2/c1-6-3-4-9-8(5-6)7(2)10(14-9)15(11,12)13/h3-5H,1-2H3,(H2,11,12,13). The number of nitrogens with two attached hydrogens (primary N) is 1. The van der Waals surface area contributed by atoms with Crippen molar-refractivity contribution in [3.05, 3.63) is 29.3 Å². The van der Waals surface area contributed by atoms with Crippen molar-refractivity contribution in [2.24, 2.45) is 5.14 Å².